The van der Waals surface area contributed by atoms with Gasteiger partial charge in [0.25, 0.3) is 0 Å². The SMILES string of the molecule is COC(=O)C1CC(Oc2ccc(F)cc2C2CCN([C@@H]3COC4(C3)CN(c3nnco3)C4)CC2)C1. The van der Waals surface area contributed by atoms with Gasteiger partial charge in [0, 0.05) is 11.6 Å². The molecule has 188 valence electrons. The van der Waals surface area contributed by atoms with Gasteiger partial charge in [-0.3, -0.25) is 9.69 Å². The van der Waals surface area contributed by atoms with E-state index in [4.69, 9.17) is 18.6 Å². The molecular formula is C25H31FN4O5. The number of hydrogen-bond donors (Lipinski definition) is 0. The molecule has 3 saturated heterocycles. The predicted molar refractivity (Wildman–Crippen MR) is 123 cm³/mol. The molecule has 0 N–H and O–H groups in total. The van der Waals surface area contributed by atoms with Crippen LogP contribution >= 0.6 is 0 Å². The Morgan fingerprint density at radius 3 is 2.74 bits per heavy atom. The number of hydrogen-bond acceptors (Lipinski definition) is 9. The third kappa shape index (κ3) is 4.38. The van der Waals surface area contributed by atoms with Crippen molar-refractivity contribution in [3.8, 4) is 5.75 Å². The number of halogens is 1. The molecule has 10 heteroatoms. The molecule has 0 amide bonds. The van der Waals surface area contributed by atoms with E-state index >= 15 is 0 Å². The summed E-state index contributed by atoms with van der Waals surface area (Å²) in [5, 5.41) is 7.73. The maximum Gasteiger partial charge on any atom is 0.318 e. The van der Waals surface area contributed by atoms with E-state index < -0.39 is 0 Å². The van der Waals surface area contributed by atoms with E-state index in [2.05, 4.69) is 20.0 Å². The summed E-state index contributed by atoms with van der Waals surface area (Å²) in [4.78, 5) is 16.3. The molecule has 1 spiro atoms. The van der Waals surface area contributed by atoms with Gasteiger partial charge in [-0.2, -0.15) is 0 Å². The highest BCUT2D eigenvalue weighted by atomic mass is 19.1. The Hall–Kier alpha value is -2.72. The van der Waals surface area contributed by atoms with Crippen LogP contribution in [-0.4, -0.2) is 78.7 Å². The first kappa shape index (κ1) is 22.7. The number of methoxy groups -OCH3 is 1. The van der Waals surface area contributed by atoms with E-state index in [1.807, 2.05) is 0 Å². The average molecular weight is 487 g/mol. The number of anilines is 1. The van der Waals surface area contributed by atoms with Gasteiger partial charge in [-0.25, -0.2) is 4.39 Å². The lowest BCUT2D eigenvalue weighted by Crippen LogP contribution is -2.62. The van der Waals surface area contributed by atoms with Crippen LogP contribution in [0.2, 0.25) is 0 Å². The van der Waals surface area contributed by atoms with Gasteiger partial charge < -0.3 is 23.5 Å². The first-order valence-electron chi connectivity index (χ1n) is 12.4. The smallest absolute Gasteiger partial charge is 0.318 e. The van der Waals surface area contributed by atoms with Gasteiger partial charge in [-0.1, -0.05) is 5.10 Å². The van der Waals surface area contributed by atoms with Crippen LogP contribution in [0.15, 0.2) is 29.0 Å². The van der Waals surface area contributed by atoms with Gasteiger partial charge in [0.1, 0.15) is 23.3 Å². The van der Waals surface area contributed by atoms with Gasteiger partial charge in [-0.15, -0.1) is 5.10 Å². The number of piperidine rings is 1. The highest BCUT2D eigenvalue weighted by Crippen LogP contribution is 2.42. The number of carbonyl (C=O) groups excluding carboxylic acids is 1. The summed E-state index contributed by atoms with van der Waals surface area (Å²) in [6, 6.07) is 5.77. The Balaban J connectivity index is 1.03. The second kappa shape index (κ2) is 9.05. The minimum absolute atomic E-state index is 0.0237. The van der Waals surface area contributed by atoms with Crippen molar-refractivity contribution >= 4 is 12.0 Å². The molecule has 4 fully saturated rings. The first-order chi connectivity index (χ1) is 17.0. The quantitative estimate of drug-likeness (QED) is 0.572. The zero-order valence-corrected chi connectivity index (χ0v) is 19.9. The van der Waals surface area contributed by atoms with Gasteiger partial charge in [0.05, 0.1) is 32.7 Å². The molecule has 4 aliphatic rings. The number of carbonyl (C=O) groups is 1. The molecule has 3 aliphatic heterocycles. The van der Waals surface area contributed by atoms with Crippen molar-refractivity contribution in [2.24, 2.45) is 5.92 Å². The predicted octanol–water partition coefficient (Wildman–Crippen LogP) is 2.77. The zero-order chi connectivity index (χ0) is 24.0. The summed E-state index contributed by atoms with van der Waals surface area (Å²) in [6.45, 7) is 4.20. The van der Waals surface area contributed by atoms with Gasteiger partial charge in [0.15, 0.2) is 0 Å². The molecule has 4 heterocycles. The summed E-state index contributed by atoms with van der Waals surface area (Å²) in [5.74, 6) is 0.485. The lowest BCUT2D eigenvalue weighted by Gasteiger charge is -2.46. The van der Waals surface area contributed by atoms with Crippen molar-refractivity contribution in [1.82, 2.24) is 15.1 Å². The molecule has 1 aromatic carbocycles. The maximum absolute atomic E-state index is 14.2. The Labute approximate surface area is 203 Å². The molecule has 0 unspecified atom stereocenters. The largest absolute Gasteiger partial charge is 0.490 e. The fourth-order valence-electron chi connectivity index (χ4n) is 6.09. The number of benzene rings is 1. The molecular weight excluding hydrogens is 455 g/mol. The summed E-state index contributed by atoms with van der Waals surface area (Å²) in [7, 11) is 1.41. The second-order valence-corrected chi connectivity index (χ2v) is 10.4. The monoisotopic (exact) mass is 486 g/mol. The van der Waals surface area contributed by atoms with E-state index in [1.165, 1.54) is 19.6 Å². The zero-order valence-electron chi connectivity index (χ0n) is 19.9. The van der Waals surface area contributed by atoms with Crippen LogP contribution in [0.25, 0.3) is 0 Å². The Kier molecular flexibility index (Phi) is 5.88. The number of likely N-dealkylation sites (tertiary alicyclic amines) is 1. The molecule has 35 heavy (non-hydrogen) atoms. The Bertz CT molecular complexity index is 1050. The third-order valence-electron chi connectivity index (χ3n) is 8.15. The average Bonchev–Trinajstić information content (AvgIpc) is 3.51. The number of rotatable bonds is 6. The number of aromatic nitrogens is 2. The van der Waals surface area contributed by atoms with Crippen molar-refractivity contribution in [3.63, 3.8) is 0 Å². The summed E-state index contributed by atoms with van der Waals surface area (Å²) >= 11 is 0. The highest BCUT2D eigenvalue weighted by molar-refractivity contribution is 5.73. The standard InChI is InChI=1S/C25H31FN4O5/c1-32-23(31)17-8-20(9-17)35-22-3-2-18(26)10-21(22)16-4-6-29(7-5-16)19-11-25(34-12-19)13-30(14-25)24-28-27-15-33-24/h2-3,10,15-17,19-20H,4-9,11-14H2,1H3/t17?,19-,20?/m0/s1. The van der Waals surface area contributed by atoms with Crippen LogP contribution in [0.3, 0.4) is 0 Å². The van der Waals surface area contributed by atoms with Crippen molar-refractivity contribution in [3.05, 3.63) is 36.0 Å². The fourth-order valence-corrected chi connectivity index (χ4v) is 6.09. The van der Waals surface area contributed by atoms with Crippen molar-refractivity contribution < 1.29 is 27.8 Å². The van der Waals surface area contributed by atoms with Crippen molar-refractivity contribution in [2.45, 2.75) is 55.8 Å². The van der Waals surface area contributed by atoms with Crippen LogP contribution in [-0.2, 0) is 14.3 Å². The maximum atomic E-state index is 14.2. The van der Waals surface area contributed by atoms with Gasteiger partial charge in [-0.05, 0) is 69.3 Å². The van der Waals surface area contributed by atoms with Crippen LogP contribution in [0.4, 0.5) is 10.4 Å². The molecule has 0 bridgehead atoms. The number of esters is 1. The van der Waals surface area contributed by atoms with Crippen LogP contribution in [0.5, 0.6) is 5.75 Å². The summed E-state index contributed by atoms with van der Waals surface area (Å²) < 4.78 is 36.7. The molecule has 1 atom stereocenters. The van der Waals surface area contributed by atoms with E-state index in [0.29, 0.717) is 24.9 Å². The molecule has 1 saturated carbocycles. The third-order valence-corrected chi connectivity index (χ3v) is 8.15. The second-order valence-electron chi connectivity index (χ2n) is 10.4. The molecule has 2 aromatic rings. The molecule has 1 aromatic heterocycles. The normalized spacial score (nSPS) is 28.5. The van der Waals surface area contributed by atoms with Crippen molar-refractivity contribution in [1.29, 1.82) is 0 Å². The molecule has 6 rings (SSSR count). The van der Waals surface area contributed by atoms with E-state index in [1.54, 1.807) is 12.1 Å². The van der Waals surface area contributed by atoms with E-state index in [9.17, 15) is 9.18 Å². The van der Waals surface area contributed by atoms with Crippen molar-refractivity contribution in [2.75, 3.05) is 44.8 Å². The fraction of sp³-hybridized carbons (Fsp3) is 0.640. The van der Waals surface area contributed by atoms with E-state index in [-0.39, 0.29) is 35.3 Å². The van der Waals surface area contributed by atoms with Crippen LogP contribution in [0.1, 0.15) is 43.6 Å². The Morgan fingerprint density at radius 1 is 1.23 bits per heavy atom. The summed E-state index contributed by atoms with van der Waals surface area (Å²) in [6.07, 6.45) is 5.53. The molecule has 9 nitrogen and oxygen atoms in total. The minimum atomic E-state index is -0.238. The number of ether oxygens (including phenoxy) is 3. The van der Waals surface area contributed by atoms with Gasteiger partial charge in [0.2, 0.25) is 6.39 Å². The minimum Gasteiger partial charge on any atom is -0.490 e. The lowest BCUT2D eigenvalue weighted by atomic mass is 9.82. The van der Waals surface area contributed by atoms with Gasteiger partial charge >= 0.3 is 12.0 Å². The highest BCUT2D eigenvalue weighted by Gasteiger charge is 2.52. The number of nitrogens with zero attached hydrogens (tertiary/aromatic N) is 4. The summed E-state index contributed by atoms with van der Waals surface area (Å²) in [5.41, 5.74) is 0.823. The van der Waals surface area contributed by atoms with Crippen LogP contribution in [0, 0.1) is 11.7 Å². The van der Waals surface area contributed by atoms with Crippen LogP contribution < -0.4 is 9.64 Å². The molecule has 0 radical (unpaired) electrons. The van der Waals surface area contributed by atoms with E-state index in [0.717, 1.165) is 63.4 Å². The Morgan fingerprint density at radius 2 is 2.03 bits per heavy atom. The molecule has 1 aliphatic carbocycles. The topological polar surface area (TPSA) is 90.2 Å². The first-order valence-corrected chi connectivity index (χ1v) is 12.4. The lowest BCUT2D eigenvalue weighted by molar-refractivity contribution is -0.151.